The highest BCUT2D eigenvalue weighted by Crippen LogP contribution is 2.16. The van der Waals surface area contributed by atoms with E-state index in [0.717, 1.165) is 5.56 Å². The number of carbonyl (C=O) groups is 1. The molecular formula is C11H14N2O3. The molecule has 0 aromatic heterocycles. The Hall–Kier alpha value is -1.88. The van der Waals surface area contributed by atoms with Gasteiger partial charge in [-0.15, -0.1) is 0 Å². The predicted molar refractivity (Wildman–Crippen MR) is 60.0 cm³/mol. The second-order valence-electron chi connectivity index (χ2n) is 3.26. The molecule has 0 bridgehead atoms. The number of rotatable bonds is 3. The van der Waals surface area contributed by atoms with Crippen molar-refractivity contribution in [2.75, 3.05) is 7.11 Å². The Morgan fingerprint density at radius 1 is 1.44 bits per heavy atom. The summed E-state index contributed by atoms with van der Waals surface area (Å²) in [7, 11) is 1.44. The number of hydrogen-bond acceptors (Lipinski definition) is 5. The molecule has 0 saturated carbocycles. The van der Waals surface area contributed by atoms with Crippen LogP contribution in [0.4, 0.5) is 0 Å². The number of aryl methyl sites for hydroxylation is 1. The third kappa shape index (κ3) is 2.38. The molecule has 1 rings (SSSR count). The molecule has 0 fully saturated rings. The summed E-state index contributed by atoms with van der Waals surface area (Å²) in [6, 6.07) is 5.39. The number of nitrogens with two attached hydrogens (primary N) is 1. The third-order valence-electron chi connectivity index (χ3n) is 2.20. The summed E-state index contributed by atoms with van der Waals surface area (Å²) in [5.74, 6) is 4.31. The van der Waals surface area contributed by atoms with E-state index in [1.807, 2.05) is 6.07 Å². The van der Waals surface area contributed by atoms with Gasteiger partial charge in [0.1, 0.15) is 7.11 Å². The van der Waals surface area contributed by atoms with Crippen molar-refractivity contribution in [3.63, 3.8) is 0 Å². The van der Waals surface area contributed by atoms with Crippen molar-refractivity contribution in [1.29, 1.82) is 0 Å². The van der Waals surface area contributed by atoms with Crippen LogP contribution in [-0.2, 0) is 9.68 Å². The zero-order chi connectivity index (χ0) is 12.1. The average Bonchev–Trinajstić information content (AvgIpc) is 2.28. The summed E-state index contributed by atoms with van der Waals surface area (Å²) in [4.78, 5) is 20.4. The van der Waals surface area contributed by atoms with Crippen molar-refractivity contribution in [3.8, 4) is 0 Å². The van der Waals surface area contributed by atoms with Crippen molar-refractivity contribution < 1.29 is 14.5 Å². The first-order chi connectivity index (χ1) is 7.61. The topological polar surface area (TPSA) is 73.9 Å². The lowest BCUT2D eigenvalue weighted by molar-refractivity contribution is 0.0502. The van der Waals surface area contributed by atoms with Crippen LogP contribution < -0.4 is 5.90 Å². The van der Waals surface area contributed by atoms with Crippen LogP contribution in [0.5, 0.6) is 0 Å². The van der Waals surface area contributed by atoms with Gasteiger partial charge in [-0.05, 0) is 19.4 Å². The van der Waals surface area contributed by atoms with E-state index in [0.29, 0.717) is 16.8 Å². The molecule has 2 N–H and O–H groups in total. The maximum Gasteiger partial charge on any atom is 0.357 e. The molecule has 16 heavy (non-hydrogen) atoms. The minimum absolute atomic E-state index is 0.406. The van der Waals surface area contributed by atoms with E-state index in [2.05, 4.69) is 14.8 Å². The summed E-state index contributed by atoms with van der Waals surface area (Å²) in [6.45, 7) is 3.54. The van der Waals surface area contributed by atoms with Gasteiger partial charge in [-0.25, -0.2) is 4.79 Å². The zero-order valence-electron chi connectivity index (χ0n) is 9.48. The highest BCUT2D eigenvalue weighted by molar-refractivity contribution is 6.08. The molecule has 0 spiro atoms. The number of carbonyl (C=O) groups excluding carboxylic acids is 1. The van der Waals surface area contributed by atoms with E-state index in [1.54, 1.807) is 26.0 Å². The monoisotopic (exact) mass is 222 g/mol. The Bertz CT molecular complexity index is 427. The molecule has 0 heterocycles. The molecule has 0 aliphatic rings. The molecule has 0 saturated heterocycles. The first-order valence-corrected chi connectivity index (χ1v) is 4.70. The molecule has 0 amide bonds. The zero-order valence-corrected chi connectivity index (χ0v) is 9.48. The van der Waals surface area contributed by atoms with Gasteiger partial charge in [0.15, 0.2) is 0 Å². The SMILES string of the molecule is CON=C(C)c1cccc(C)c1C(=O)ON. The minimum atomic E-state index is -0.584. The number of oxime groups is 1. The lowest BCUT2D eigenvalue weighted by atomic mass is 9.99. The Morgan fingerprint density at radius 3 is 2.69 bits per heavy atom. The van der Waals surface area contributed by atoms with E-state index in [9.17, 15) is 4.79 Å². The molecule has 5 nitrogen and oxygen atoms in total. The van der Waals surface area contributed by atoms with Crippen LogP contribution in [0.3, 0.4) is 0 Å². The molecule has 1 aromatic carbocycles. The van der Waals surface area contributed by atoms with Crippen LogP contribution in [0, 0.1) is 6.92 Å². The van der Waals surface area contributed by atoms with Crippen LogP contribution >= 0.6 is 0 Å². The fourth-order valence-electron chi connectivity index (χ4n) is 1.49. The number of nitrogens with zero attached hydrogens (tertiary/aromatic N) is 1. The normalized spacial score (nSPS) is 11.1. The van der Waals surface area contributed by atoms with Gasteiger partial charge in [-0.3, -0.25) is 0 Å². The van der Waals surface area contributed by atoms with Gasteiger partial charge in [0.2, 0.25) is 0 Å². The van der Waals surface area contributed by atoms with Crippen molar-refractivity contribution in [2.45, 2.75) is 13.8 Å². The molecule has 1 aromatic rings. The lowest BCUT2D eigenvalue weighted by Gasteiger charge is -2.09. The van der Waals surface area contributed by atoms with E-state index in [4.69, 9.17) is 5.90 Å². The van der Waals surface area contributed by atoms with Gasteiger partial charge in [-0.2, -0.15) is 5.90 Å². The molecule has 0 atom stereocenters. The smallest absolute Gasteiger partial charge is 0.357 e. The van der Waals surface area contributed by atoms with Crippen LogP contribution in [0.25, 0.3) is 0 Å². The molecule has 86 valence electrons. The van der Waals surface area contributed by atoms with Crippen LogP contribution in [0.1, 0.15) is 28.4 Å². The quantitative estimate of drug-likeness (QED) is 0.619. The third-order valence-corrected chi connectivity index (χ3v) is 2.20. The summed E-state index contributed by atoms with van der Waals surface area (Å²) in [6.07, 6.45) is 0. The van der Waals surface area contributed by atoms with Gasteiger partial charge in [-0.1, -0.05) is 23.4 Å². The Labute approximate surface area is 93.8 Å². The number of hydrogen-bond donors (Lipinski definition) is 1. The molecule has 0 radical (unpaired) electrons. The molecular weight excluding hydrogens is 208 g/mol. The standard InChI is InChI=1S/C11H14N2O3/c1-7-5-4-6-9(8(2)13-15-3)10(7)11(14)16-12/h4-6H,12H2,1-3H3. The lowest BCUT2D eigenvalue weighted by Crippen LogP contribution is -2.16. The first kappa shape index (κ1) is 12.2. The highest BCUT2D eigenvalue weighted by Gasteiger charge is 2.16. The summed E-state index contributed by atoms with van der Waals surface area (Å²) in [5, 5.41) is 3.78. The van der Waals surface area contributed by atoms with Crippen molar-refractivity contribution >= 4 is 11.7 Å². The van der Waals surface area contributed by atoms with E-state index < -0.39 is 5.97 Å². The minimum Gasteiger partial charge on any atom is -0.399 e. The largest absolute Gasteiger partial charge is 0.399 e. The van der Waals surface area contributed by atoms with E-state index in [-0.39, 0.29) is 0 Å². The van der Waals surface area contributed by atoms with Gasteiger partial charge >= 0.3 is 5.97 Å². The van der Waals surface area contributed by atoms with Crippen molar-refractivity contribution in [3.05, 3.63) is 34.9 Å². The molecule has 0 aliphatic carbocycles. The van der Waals surface area contributed by atoms with Crippen molar-refractivity contribution in [2.24, 2.45) is 11.1 Å². The fraction of sp³-hybridized carbons (Fsp3) is 0.273. The highest BCUT2D eigenvalue weighted by atomic mass is 16.7. The van der Waals surface area contributed by atoms with Gasteiger partial charge < -0.3 is 9.68 Å². The fourth-order valence-corrected chi connectivity index (χ4v) is 1.49. The average molecular weight is 222 g/mol. The van der Waals surface area contributed by atoms with Crippen LogP contribution in [0.2, 0.25) is 0 Å². The van der Waals surface area contributed by atoms with Crippen LogP contribution in [0.15, 0.2) is 23.4 Å². The Kier molecular flexibility index (Phi) is 4.02. The molecule has 0 aliphatic heterocycles. The second-order valence-corrected chi connectivity index (χ2v) is 3.26. The maximum absolute atomic E-state index is 11.5. The maximum atomic E-state index is 11.5. The van der Waals surface area contributed by atoms with E-state index in [1.165, 1.54) is 7.11 Å². The second kappa shape index (κ2) is 5.27. The summed E-state index contributed by atoms with van der Waals surface area (Å²) in [5.41, 5.74) is 2.42. The van der Waals surface area contributed by atoms with Crippen LogP contribution in [-0.4, -0.2) is 18.8 Å². The van der Waals surface area contributed by atoms with Gasteiger partial charge in [0.25, 0.3) is 0 Å². The van der Waals surface area contributed by atoms with Gasteiger partial charge in [0.05, 0.1) is 11.3 Å². The predicted octanol–water partition coefficient (Wildman–Crippen LogP) is 1.40. The Morgan fingerprint density at radius 2 is 2.12 bits per heavy atom. The van der Waals surface area contributed by atoms with Crippen molar-refractivity contribution in [1.82, 2.24) is 0 Å². The summed E-state index contributed by atoms with van der Waals surface area (Å²) >= 11 is 0. The number of benzene rings is 1. The Balaban J connectivity index is 3.34. The van der Waals surface area contributed by atoms with E-state index >= 15 is 0 Å². The molecule has 5 heteroatoms. The molecule has 0 unspecified atom stereocenters. The first-order valence-electron chi connectivity index (χ1n) is 4.70. The summed E-state index contributed by atoms with van der Waals surface area (Å²) < 4.78 is 0. The van der Waals surface area contributed by atoms with Gasteiger partial charge in [0, 0.05) is 5.56 Å².